The highest BCUT2D eigenvalue weighted by Gasteiger charge is 2.25. The summed E-state index contributed by atoms with van der Waals surface area (Å²) in [6.07, 6.45) is 11.0. The Morgan fingerprint density at radius 2 is 1.92 bits per heavy atom. The van der Waals surface area contributed by atoms with E-state index in [9.17, 15) is 4.79 Å². The number of carbonyl (C=O) groups is 1. The Labute approximate surface area is 152 Å². The van der Waals surface area contributed by atoms with Crippen LogP contribution >= 0.6 is 0 Å². The molecule has 2 atom stereocenters. The van der Waals surface area contributed by atoms with Crippen LogP contribution in [0, 0.1) is 11.3 Å². The van der Waals surface area contributed by atoms with Crippen molar-refractivity contribution < 1.29 is 4.79 Å². The summed E-state index contributed by atoms with van der Waals surface area (Å²) < 4.78 is 0. The fraction of sp³-hybridized carbons (Fsp3) is 0.619. The van der Waals surface area contributed by atoms with Crippen LogP contribution in [0.1, 0.15) is 75.8 Å². The minimum atomic E-state index is 0.104. The molecule has 2 rings (SSSR count). The van der Waals surface area contributed by atoms with E-state index in [1.54, 1.807) is 0 Å². The van der Waals surface area contributed by atoms with E-state index in [2.05, 4.69) is 12.2 Å². The molecule has 0 heterocycles. The smallest absolute Gasteiger partial charge is 0.220 e. The van der Waals surface area contributed by atoms with Gasteiger partial charge in [0.15, 0.2) is 0 Å². The Morgan fingerprint density at radius 1 is 1.20 bits per heavy atom. The van der Waals surface area contributed by atoms with Crippen molar-refractivity contribution in [3.63, 3.8) is 0 Å². The number of aryl methyl sites for hydroxylation is 1. The molecule has 0 spiro atoms. The lowest BCUT2D eigenvalue weighted by atomic mass is 9.82. The largest absolute Gasteiger partial charge is 0.384 e. The van der Waals surface area contributed by atoms with Crippen molar-refractivity contribution >= 4 is 11.7 Å². The fourth-order valence-corrected chi connectivity index (χ4v) is 3.86. The van der Waals surface area contributed by atoms with Crippen LogP contribution in [0.2, 0.25) is 0 Å². The molecular weight excluding hydrogens is 310 g/mol. The van der Waals surface area contributed by atoms with Crippen LogP contribution in [0.4, 0.5) is 0 Å². The lowest BCUT2D eigenvalue weighted by Gasteiger charge is -2.32. The molecule has 25 heavy (non-hydrogen) atoms. The lowest BCUT2D eigenvalue weighted by Crippen LogP contribution is -2.42. The van der Waals surface area contributed by atoms with Gasteiger partial charge < -0.3 is 11.1 Å². The molecule has 2 unspecified atom stereocenters. The molecule has 1 amide bonds. The third kappa shape index (κ3) is 6.52. The molecule has 1 fully saturated rings. The fourth-order valence-electron chi connectivity index (χ4n) is 3.86. The minimum Gasteiger partial charge on any atom is -0.384 e. The summed E-state index contributed by atoms with van der Waals surface area (Å²) in [7, 11) is 0. The first-order valence-corrected chi connectivity index (χ1v) is 9.83. The van der Waals surface area contributed by atoms with Gasteiger partial charge in [0.25, 0.3) is 0 Å². The average molecular weight is 344 g/mol. The Morgan fingerprint density at radius 3 is 2.60 bits per heavy atom. The highest BCUT2D eigenvalue weighted by molar-refractivity contribution is 5.94. The number of carbonyl (C=O) groups excluding carboxylic acids is 1. The summed E-state index contributed by atoms with van der Waals surface area (Å²) in [5.74, 6) is 1.01. The molecule has 0 saturated heterocycles. The van der Waals surface area contributed by atoms with Crippen molar-refractivity contribution in [2.24, 2.45) is 11.7 Å². The van der Waals surface area contributed by atoms with Gasteiger partial charge in [0, 0.05) is 18.0 Å². The molecule has 0 aliphatic heterocycles. The Kier molecular flexibility index (Phi) is 7.96. The zero-order chi connectivity index (χ0) is 18.1. The van der Waals surface area contributed by atoms with Gasteiger partial charge in [-0.15, -0.1) is 0 Å². The number of rotatable bonds is 9. The zero-order valence-corrected chi connectivity index (χ0v) is 15.5. The highest BCUT2D eigenvalue weighted by Crippen LogP contribution is 2.28. The van der Waals surface area contributed by atoms with E-state index in [0.717, 1.165) is 31.2 Å². The van der Waals surface area contributed by atoms with Crippen LogP contribution in [-0.2, 0) is 11.2 Å². The number of hydrogen-bond acceptors (Lipinski definition) is 2. The number of benzene rings is 1. The van der Waals surface area contributed by atoms with E-state index in [1.165, 1.54) is 37.7 Å². The van der Waals surface area contributed by atoms with Crippen molar-refractivity contribution in [3.8, 4) is 0 Å². The van der Waals surface area contributed by atoms with Gasteiger partial charge in [-0.05, 0) is 50.0 Å². The molecule has 4 heteroatoms. The molecule has 0 bridgehead atoms. The molecule has 1 aliphatic carbocycles. The first-order valence-electron chi connectivity index (χ1n) is 9.83. The van der Waals surface area contributed by atoms with E-state index in [0.29, 0.717) is 18.4 Å². The molecule has 138 valence electrons. The van der Waals surface area contributed by atoms with Crippen molar-refractivity contribution in [1.82, 2.24) is 5.32 Å². The number of nitrogens with one attached hydrogen (secondary N) is 2. The molecule has 1 aromatic rings. The monoisotopic (exact) mass is 343 g/mol. The summed E-state index contributed by atoms with van der Waals surface area (Å²) in [5, 5.41) is 10.7. The molecule has 1 aliphatic rings. The Hall–Kier alpha value is -1.84. The molecule has 1 saturated carbocycles. The third-order valence-electron chi connectivity index (χ3n) is 5.30. The summed E-state index contributed by atoms with van der Waals surface area (Å²) in [6.45, 7) is 2.23. The molecule has 0 radical (unpaired) electrons. The van der Waals surface area contributed by atoms with Gasteiger partial charge in [-0.2, -0.15) is 0 Å². The molecule has 4 nitrogen and oxygen atoms in total. The van der Waals surface area contributed by atoms with Crippen LogP contribution in [-0.4, -0.2) is 17.8 Å². The summed E-state index contributed by atoms with van der Waals surface area (Å²) in [4.78, 5) is 12.2. The second kappa shape index (κ2) is 10.2. The first-order chi connectivity index (χ1) is 12.1. The minimum absolute atomic E-state index is 0.104. The predicted molar refractivity (Wildman–Crippen MR) is 104 cm³/mol. The van der Waals surface area contributed by atoms with Crippen LogP contribution in [0.3, 0.4) is 0 Å². The third-order valence-corrected chi connectivity index (χ3v) is 5.30. The number of amides is 1. The van der Waals surface area contributed by atoms with Crippen LogP contribution in [0.25, 0.3) is 0 Å². The molecular formula is C21H33N3O. The normalized spacial score (nSPS) is 20.2. The number of unbranched alkanes of at least 4 members (excludes halogenated alkanes) is 1. The van der Waals surface area contributed by atoms with Gasteiger partial charge in [-0.1, -0.05) is 50.5 Å². The lowest BCUT2D eigenvalue weighted by molar-refractivity contribution is -0.122. The average Bonchev–Trinajstić information content (AvgIpc) is 2.61. The molecule has 4 N–H and O–H groups in total. The van der Waals surface area contributed by atoms with E-state index in [-0.39, 0.29) is 11.7 Å². The van der Waals surface area contributed by atoms with Crippen molar-refractivity contribution in [1.29, 1.82) is 5.41 Å². The van der Waals surface area contributed by atoms with E-state index >= 15 is 0 Å². The van der Waals surface area contributed by atoms with Crippen molar-refractivity contribution in [2.45, 2.75) is 77.2 Å². The van der Waals surface area contributed by atoms with Gasteiger partial charge in [-0.3, -0.25) is 10.2 Å². The molecule has 0 aromatic heterocycles. The van der Waals surface area contributed by atoms with Gasteiger partial charge in [0.1, 0.15) is 5.84 Å². The van der Waals surface area contributed by atoms with E-state index in [1.807, 2.05) is 24.3 Å². The van der Waals surface area contributed by atoms with Crippen molar-refractivity contribution in [3.05, 3.63) is 35.4 Å². The maximum Gasteiger partial charge on any atom is 0.220 e. The van der Waals surface area contributed by atoms with Crippen LogP contribution in [0.15, 0.2) is 24.3 Å². The number of nitrogen functional groups attached to an aromatic ring is 1. The maximum absolute atomic E-state index is 12.2. The summed E-state index contributed by atoms with van der Waals surface area (Å²) in [6, 6.07) is 8.23. The number of nitrogens with two attached hydrogens (primary N) is 1. The van der Waals surface area contributed by atoms with Gasteiger partial charge >= 0.3 is 0 Å². The first kappa shape index (κ1) is 19.5. The van der Waals surface area contributed by atoms with Crippen LogP contribution < -0.4 is 11.1 Å². The molecule has 1 aromatic carbocycles. The predicted octanol–water partition coefficient (Wildman–Crippen LogP) is 4.16. The van der Waals surface area contributed by atoms with Gasteiger partial charge in [0.05, 0.1) is 0 Å². The Bertz CT molecular complexity index is 551. The Balaban J connectivity index is 1.67. The number of amidine groups is 1. The summed E-state index contributed by atoms with van der Waals surface area (Å²) >= 11 is 0. The number of hydrogen-bond donors (Lipinski definition) is 3. The van der Waals surface area contributed by atoms with E-state index < -0.39 is 0 Å². The topological polar surface area (TPSA) is 79.0 Å². The zero-order valence-electron chi connectivity index (χ0n) is 15.5. The van der Waals surface area contributed by atoms with Crippen LogP contribution in [0.5, 0.6) is 0 Å². The SMILES string of the molecule is CCCC1CCCCC1NC(=O)CCCCc1ccc(C(=N)N)cc1. The van der Waals surface area contributed by atoms with E-state index in [4.69, 9.17) is 11.1 Å². The maximum atomic E-state index is 12.2. The summed E-state index contributed by atoms with van der Waals surface area (Å²) in [5.41, 5.74) is 7.46. The quantitative estimate of drug-likeness (QED) is 0.357. The van der Waals surface area contributed by atoms with Crippen molar-refractivity contribution in [2.75, 3.05) is 0 Å². The highest BCUT2D eigenvalue weighted by atomic mass is 16.1. The second-order valence-corrected chi connectivity index (χ2v) is 7.32. The van der Waals surface area contributed by atoms with Gasteiger partial charge in [0.2, 0.25) is 5.91 Å². The van der Waals surface area contributed by atoms with Gasteiger partial charge in [-0.25, -0.2) is 0 Å². The second-order valence-electron chi connectivity index (χ2n) is 7.32. The standard InChI is InChI=1S/C21H33N3O/c1-2-7-17-9-4-5-10-19(17)24-20(25)11-6-3-8-16-12-14-18(15-13-16)21(22)23/h12-15,17,19H,2-11H2,1H3,(H3,22,23)(H,24,25).